The molecule has 1 aromatic carbocycles. The van der Waals surface area contributed by atoms with Gasteiger partial charge in [-0.1, -0.05) is 0 Å². The molecule has 0 aliphatic carbocycles. The van der Waals surface area contributed by atoms with Gasteiger partial charge in [0.1, 0.15) is 5.82 Å². The highest BCUT2D eigenvalue weighted by Crippen LogP contribution is 2.37. The van der Waals surface area contributed by atoms with Crippen molar-refractivity contribution in [2.75, 3.05) is 5.32 Å². The lowest BCUT2D eigenvalue weighted by Gasteiger charge is -2.09. The van der Waals surface area contributed by atoms with Gasteiger partial charge in [-0.25, -0.2) is 9.18 Å². The van der Waals surface area contributed by atoms with Gasteiger partial charge in [0.15, 0.2) is 11.2 Å². The van der Waals surface area contributed by atoms with Gasteiger partial charge in [0, 0.05) is 37.8 Å². The smallest absolute Gasteiger partial charge is 0.408 e. The highest BCUT2D eigenvalue weighted by Gasteiger charge is 2.39. The Kier molecular flexibility index (Phi) is 3.70. The predicted molar refractivity (Wildman–Crippen MR) is 80.3 cm³/mol. The Morgan fingerprint density at radius 3 is 2.91 bits per heavy atom. The van der Waals surface area contributed by atoms with Crippen LogP contribution in [0.3, 0.4) is 0 Å². The maximum Gasteiger partial charge on any atom is 0.417 e. The molecule has 1 aliphatic rings. The number of nitrogens with zero attached hydrogens (tertiary/aromatic N) is 2. The standard InChI is InChI=1S/C15H13FN4O3/c1-2-3-5-15(19-20-15)6-4-13(21)17-10-8-12-11(7-9(10)16)18-14(22)23-12/h1,7-8H,3-6H2,(H,17,21)(H,18,22). The zero-order valence-corrected chi connectivity index (χ0v) is 12.1. The number of oxazole rings is 1. The summed E-state index contributed by atoms with van der Waals surface area (Å²) in [5.74, 6) is 0.786. The number of amides is 1. The van der Waals surface area contributed by atoms with Crippen LogP contribution in [0.5, 0.6) is 0 Å². The number of anilines is 1. The van der Waals surface area contributed by atoms with Crippen LogP contribution in [0.2, 0.25) is 0 Å². The van der Waals surface area contributed by atoms with Gasteiger partial charge in [-0.15, -0.1) is 12.3 Å². The largest absolute Gasteiger partial charge is 0.417 e. The summed E-state index contributed by atoms with van der Waals surface area (Å²) in [5.41, 5.74) is -0.203. The van der Waals surface area contributed by atoms with E-state index in [0.29, 0.717) is 19.3 Å². The van der Waals surface area contributed by atoms with Crippen molar-refractivity contribution in [3.05, 3.63) is 28.5 Å². The molecule has 2 N–H and O–H groups in total. The van der Waals surface area contributed by atoms with Gasteiger partial charge >= 0.3 is 5.76 Å². The summed E-state index contributed by atoms with van der Waals surface area (Å²) in [5, 5.41) is 10.3. The Labute approximate surface area is 130 Å². The molecule has 0 fully saturated rings. The Morgan fingerprint density at radius 2 is 2.22 bits per heavy atom. The fourth-order valence-electron chi connectivity index (χ4n) is 2.26. The van der Waals surface area contributed by atoms with Crippen LogP contribution in [0.15, 0.2) is 31.6 Å². The molecule has 7 nitrogen and oxygen atoms in total. The van der Waals surface area contributed by atoms with Gasteiger partial charge < -0.3 is 9.73 Å². The van der Waals surface area contributed by atoms with Gasteiger partial charge in [0.2, 0.25) is 5.91 Å². The first-order valence-corrected chi connectivity index (χ1v) is 7.01. The molecule has 0 unspecified atom stereocenters. The number of nitrogens with one attached hydrogen (secondary N) is 2. The highest BCUT2D eigenvalue weighted by atomic mass is 19.1. The van der Waals surface area contributed by atoms with Crippen molar-refractivity contribution in [1.29, 1.82) is 0 Å². The number of aromatic nitrogens is 1. The van der Waals surface area contributed by atoms with Gasteiger partial charge in [-0.2, -0.15) is 10.2 Å². The maximum absolute atomic E-state index is 13.9. The average Bonchev–Trinajstić information content (AvgIpc) is 3.19. The first-order valence-electron chi connectivity index (χ1n) is 7.01. The Bertz CT molecular complexity index is 884. The number of benzene rings is 1. The Hall–Kier alpha value is -2.95. The fourth-order valence-corrected chi connectivity index (χ4v) is 2.26. The van der Waals surface area contributed by atoms with Gasteiger partial charge in [0.05, 0.1) is 11.2 Å². The second kappa shape index (κ2) is 5.68. The summed E-state index contributed by atoms with van der Waals surface area (Å²) >= 11 is 0. The number of hydrogen-bond acceptors (Lipinski definition) is 5. The molecular formula is C15H13FN4O3. The summed E-state index contributed by atoms with van der Waals surface area (Å²) in [4.78, 5) is 25.4. The zero-order chi connectivity index (χ0) is 16.4. The number of fused-ring (bicyclic) bond motifs is 1. The minimum atomic E-state index is -0.685. The molecule has 0 saturated carbocycles. The lowest BCUT2D eigenvalue weighted by molar-refractivity contribution is -0.116. The Morgan fingerprint density at radius 1 is 1.43 bits per heavy atom. The number of rotatable bonds is 6. The van der Waals surface area contributed by atoms with Crippen LogP contribution in [0, 0.1) is 18.2 Å². The van der Waals surface area contributed by atoms with Crippen LogP contribution in [0.25, 0.3) is 11.1 Å². The van der Waals surface area contributed by atoms with E-state index in [2.05, 4.69) is 26.4 Å². The van der Waals surface area contributed by atoms with E-state index in [-0.39, 0.29) is 29.1 Å². The highest BCUT2D eigenvalue weighted by molar-refractivity contribution is 5.92. The third kappa shape index (κ3) is 3.29. The van der Waals surface area contributed by atoms with Crippen molar-refractivity contribution in [2.45, 2.75) is 31.3 Å². The van der Waals surface area contributed by atoms with Crippen molar-refractivity contribution in [3.63, 3.8) is 0 Å². The normalized spacial score (nSPS) is 14.6. The van der Waals surface area contributed by atoms with E-state index in [0.717, 1.165) is 6.07 Å². The molecule has 8 heteroatoms. The maximum atomic E-state index is 13.9. The molecule has 3 rings (SSSR count). The number of H-pyrrole nitrogens is 1. The SMILES string of the molecule is C#CCCC1(CCC(=O)Nc2cc3oc(=O)[nH]c3cc2F)N=N1. The summed E-state index contributed by atoms with van der Waals surface area (Å²) in [6.07, 6.45) is 6.89. The molecule has 1 aliphatic heterocycles. The van der Waals surface area contributed by atoms with E-state index in [4.69, 9.17) is 10.8 Å². The summed E-state index contributed by atoms with van der Waals surface area (Å²) in [6, 6.07) is 2.36. The third-order valence-corrected chi connectivity index (χ3v) is 3.59. The number of aromatic amines is 1. The lowest BCUT2D eigenvalue weighted by atomic mass is 10.0. The summed E-state index contributed by atoms with van der Waals surface area (Å²) in [7, 11) is 0. The van der Waals surface area contributed by atoms with E-state index in [1.807, 2.05) is 0 Å². The monoisotopic (exact) mass is 316 g/mol. The van der Waals surface area contributed by atoms with Crippen molar-refractivity contribution in [1.82, 2.24) is 4.98 Å². The van der Waals surface area contributed by atoms with E-state index in [1.165, 1.54) is 6.07 Å². The van der Waals surface area contributed by atoms with Gasteiger partial charge in [-0.3, -0.25) is 9.78 Å². The minimum Gasteiger partial charge on any atom is -0.408 e. The first kappa shape index (κ1) is 15.0. The van der Waals surface area contributed by atoms with Crippen molar-refractivity contribution in [3.8, 4) is 12.3 Å². The molecule has 0 bridgehead atoms. The van der Waals surface area contributed by atoms with Crippen LogP contribution in [-0.2, 0) is 4.79 Å². The van der Waals surface area contributed by atoms with Crippen LogP contribution >= 0.6 is 0 Å². The minimum absolute atomic E-state index is 0.0485. The third-order valence-electron chi connectivity index (χ3n) is 3.59. The van der Waals surface area contributed by atoms with Crippen LogP contribution in [-0.4, -0.2) is 16.6 Å². The molecule has 0 spiro atoms. The van der Waals surface area contributed by atoms with Crippen LogP contribution < -0.4 is 11.1 Å². The number of halogens is 1. The second-order valence-corrected chi connectivity index (χ2v) is 5.28. The number of carbonyl (C=O) groups is 1. The molecule has 0 saturated heterocycles. The second-order valence-electron chi connectivity index (χ2n) is 5.28. The molecule has 0 radical (unpaired) electrons. The van der Waals surface area contributed by atoms with E-state index in [9.17, 15) is 14.0 Å². The Balaban J connectivity index is 1.63. The molecule has 2 aromatic rings. The molecular weight excluding hydrogens is 303 g/mol. The first-order chi connectivity index (χ1) is 11.0. The number of carbonyl (C=O) groups excluding carboxylic acids is 1. The zero-order valence-electron chi connectivity index (χ0n) is 12.1. The molecule has 1 amide bonds. The molecule has 0 atom stereocenters. The van der Waals surface area contributed by atoms with Crippen molar-refractivity contribution >= 4 is 22.7 Å². The average molecular weight is 316 g/mol. The van der Waals surface area contributed by atoms with Gasteiger partial charge in [0.25, 0.3) is 0 Å². The van der Waals surface area contributed by atoms with E-state index < -0.39 is 17.2 Å². The van der Waals surface area contributed by atoms with Gasteiger partial charge in [-0.05, 0) is 0 Å². The number of hydrogen-bond donors (Lipinski definition) is 2. The van der Waals surface area contributed by atoms with E-state index >= 15 is 0 Å². The molecule has 118 valence electrons. The molecule has 23 heavy (non-hydrogen) atoms. The lowest BCUT2D eigenvalue weighted by Crippen LogP contribution is -2.18. The fraction of sp³-hybridized carbons (Fsp3) is 0.333. The van der Waals surface area contributed by atoms with Crippen molar-refractivity contribution < 1.29 is 13.6 Å². The molecule has 1 aromatic heterocycles. The summed E-state index contributed by atoms with van der Waals surface area (Å²) < 4.78 is 18.7. The summed E-state index contributed by atoms with van der Waals surface area (Å²) in [6.45, 7) is 0. The van der Waals surface area contributed by atoms with Crippen molar-refractivity contribution in [2.24, 2.45) is 10.2 Å². The van der Waals surface area contributed by atoms with Crippen LogP contribution in [0.1, 0.15) is 25.7 Å². The quantitative estimate of drug-likeness (QED) is 0.801. The topological polar surface area (TPSA) is 99.8 Å². The predicted octanol–water partition coefficient (Wildman–Crippen LogP) is 2.55. The molecule has 2 heterocycles. The van der Waals surface area contributed by atoms with Crippen LogP contribution in [0.4, 0.5) is 10.1 Å². The number of terminal acetylenes is 1. The van der Waals surface area contributed by atoms with E-state index in [1.54, 1.807) is 0 Å².